The number of hydrogen-bond donors (Lipinski definition) is 1. The molecule has 0 saturated carbocycles. The number of rotatable bonds is 7. The SMILES string of the molecule is C=C(CCc1cccc2c1CC(C)(C)C2)NC(/C=C\C=C/C)=C/C. The molecule has 1 N–H and O–H groups in total. The second-order valence-corrected chi connectivity index (χ2v) is 7.43. The molecule has 0 saturated heterocycles. The average molecular weight is 322 g/mol. The molecule has 1 aliphatic rings. The van der Waals surface area contributed by atoms with Crippen LogP contribution in [0.3, 0.4) is 0 Å². The zero-order valence-corrected chi connectivity index (χ0v) is 15.7. The largest absolute Gasteiger partial charge is 0.360 e. The molecule has 0 heterocycles. The third-order valence-corrected chi connectivity index (χ3v) is 4.60. The minimum atomic E-state index is 0.406. The Hall–Kier alpha value is -2.02. The summed E-state index contributed by atoms with van der Waals surface area (Å²) in [4.78, 5) is 0. The molecule has 1 aliphatic carbocycles. The normalized spacial score (nSPS) is 16.8. The second kappa shape index (κ2) is 8.19. The summed E-state index contributed by atoms with van der Waals surface area (Å²) in [5.74, 6) is 0. The molecule has 1 nitrogen and oxygen atoms in total. The Morgan fingerprint density at radius 2 is 2.00 bits per heavy atom. The number of hydrogen-bond acceptors (Lipinski definition) is 1. The third-order valence-electron chi connectivity index (χ3n) is 4.60. The Balaban J connectivity index is 1.95. The van der Waals surface area contributed by atoms with Crippen LogP contribution in [0.15, 0.2) is 66.6 Å². The van der Waals surface area contributed by atoms with E-state index in [1.165, 1.54) is 18.4 Å². The van der Waals surface area contributed by atoms with Crippen LogP contribution in [0.2, 0.25) is 0 Å². The summed E-state index contributed by atoms with van der Waals surface area (Å²) >= 11 is 0. The van der Waals surface area contributed by atoms with Crippen LogP contribution in [0.4, 0.5) is 0 Å². The summed E-state index contributed by atoms with van der Waals surface area (Å²) in [6.07, 6.45) is 14.7. The lowest BCUT2D eigenvalue weighted by molar-refractivity contribution is 0.392. The van der Waals surface area contributed by atoms with Crippen LogP contribution >= 0.6 is 0 Å². The van der Waals surface area contributed by atoms with Gasteiger partial charge >= 0.3 is 0 Å². The van der Waals surface area contributed by atoms with Gasteiger partial charge in [-0.3, -0.25) is 0 Å². The maximum Gasteiger partial charge on any atom is 0.0338 e. The fraction of sp³-hybridized carbons (Fsp3) is 0.391. The molecule has 2 rings (SSSR count). The number of nitrogens with one attached hydrogen (secondary N) is 1. The van der Waals surface area contributed by atoms with Crippen LogP contribution in [-0.2, 0) is 19.3 Å². The van der Waals surface area contributed by atoms with E-state index in [9.17, 15) is 0 Å². The van der Waals surface area contributed by atoms with Gasteiger partial charge < -0.3 is 5.32 Å². The van der Waals surface area contributed by atoms with Crippen LogP contribution in [0.5, 0.6) is 0 Å². The first-order chi connectivity index (χ1) is 11.4. The predicted molar refractivity (Wildman–Crippen MR) is 106 cm³/mol. The Morgan fingerprint density at radius 3 is 2.71 bits per heavy atom. The maximum atomic E-state index is 4.20. The van der Waals surface area contributed by atoms with Crippen molar-refractivity contribution in [3.8, 4) is 0 Å². The van der Waals surface area contributed by atoms with Crippen molar-refractivity contribution in [1.29, 1.82) is 0 Å². The molecule has 0 radical (unpaired) electrons. The van der Waals surface area contributed by atoms with E-state index in [-0.39, 0.29) is 0 Å². The summed E-state index contributed by atoms with van der Waals surface area (Å²) in [6, 6.07) is 6.80. The summed E-state index contributed by atoms with van der Waals surface area (Å²) < 4.78 is 0. The van der Waals surface area contributed by atoms with Crippen LogP contribution in [0.25, 0.3) is 0 Å². The maximum absolute atomic E-state index is 4.20. The molecule has 0 bridgehead atoms. The van der Waals surface area contributed by atoms with Crippen LogP contribution < -0.4 is 5.32 Å². The molecule has 24 heavy (non-hydrogen) atoms. The van der Waals surface area contributed by atoms with Gasteiger partial charge in [-0.05, 0) is 67.7 Å². The molecule has 0 fully saturated rings. The van der Waals surface area contributed by atoms with Gasteiger partial charge in [0.1, 0.15) is 0 Å². The van der Waals surface area contributed by atoms with Gasteiger partial charge in [0.15, 0.2) is 0 Å². The fourth-order valence-corrected chi connectivity index (χ4v) is 3.40. The van der Waals surface area contributed by atoms with Crippen LogP contribution in [0.1, 0.15) is 50.8 Å². The highest BCUT2D eigenvalue weighted by Gasteiger charge is 2.29. The minimum absolute atomic E-state index is 0.406. The number of benzene rings is 1. The number of fused-ring (bicyclic) bond motifs is 1. The van der Waals surface area contributed by atoms with Crippen molar-refractivity contribution in [2.45, 2.75) is 53.4 Å². The van der Waals surface area contributed by atoms with E-state index in [1.807, 2.05) is 32.1 Å². The van der Waals surface area contributed by atoms with Gasteiger partial charge in [-0.2, -0.15) is 0 Å². The molecule has 0 unspecified atom stereocenters. The molecule has 0 atom stereocenters. The van der Waals surface area contributed by atoms with Crippen LogP contribution in [0, 0.1) is 5.41 Å². The lowest BCUT2D eigenvalue weighted by Crippen LogP contribution is -2.12. The highest BCUT2D eigenvalue weighted by atomic mass is 14.9. The van der Waals surface area contributed by atoms with E-state index in [1.54, 1.807) is 11.1 Å². The zero-order valence-electron chi connectivity index (χ0n) is 15.7. The molecule has 128 valence electrons. The van der Waals surface area contributed by atoms with Gasteiger partial charge in [0.05, 0.1) is 0 Å². The van der Waals surface area contributed by atoms with Gasteiger partial charge in [-0.25, -0.2) is 0 Å². The van der Waals surface area contributed by atoms with E-state index < -0.39 is 0 Å². The smallest absolute Gasteiger partial charge is 0.0338 e. The topological polar surface area (TPSA) is 12.0 Å². The zero-order chi connectivity index (χ0) is 17.6. The summed E-state index contributed by atoms with van der Waals surface area (Å²) in [5, 5.41) is 3.43. The fourth-order valence-electron chi connectivity index (χ4n) is 3.40. The van der Waals surface area contributed by atoms with Crippen LogP contribution in [-0.4, -0.2) is 0 Å². The van der Waals surface area contributed by atoms with Gasteiger partial charge in [0.25, 0.3) is 0 Å². The van der Waals surface area contributed by atoms with Crippen molar-refractivity contribution in [2.24, 2.45) is 5.41 Å². The Kier molecular flexibility index (Phi) is 6.25. The van der Waals surface area contributed by atoms with E-state index in [0.29, 0.717) is 5.41 Å². The summed E-state index contributed by atoms with van der Waals surface area (Å²) in [5.41, 5.74) is 7.19. The standard InChI is InChI=1S/C23H31N/c1-6-8-9-13-21(7-2)24-18(3)14-15-19-11-10-12-20-16-23(4,5)17-22(19)20/h6-13,24H,3,14-17H2,1-2,4-5H3/b8-6-,13-9-,21-7+. The molecule has 1 aromatic carbocycles. The lowest BCUT2D eigenvalue weighted by Gasteiger charge is -2.16. The lowest BCUT2D eigenvalue weighted by atomic mass is 9.89. The Bertz CT molecular complexity index is 671. The first kappa shape index (κ1) is 18.3. The van der Waals surface area contributed by atoms with Crippen molar-refractivity contribution in [3.63, 3.8) is 0 Å². The van der Waals surface area contributed by atoms with E-state index >= 15 is 0 Å². The molecule has 1 heteroatoms. The molecule has 0 spiro atoms. The Labute approximate surface area is 147 Å². The van der Waals surface area contributed by atoms with E-state index in [0.717, 1.165) is 24.2 Å². The molecule has 0 aliphatic heterocycles. The Morgan fingerprint density at radius 1 is 1.21 bits per heavy atom. The highest BCUT2D eigenvalue weighted by molar-refractivity contribution is 5.41. The highest BCUT2D eigenvalue weighted by Crippen LogP contribution is 2.38. The van der Waals surface area contributed by atoms with Crippen molar-refractivity contribution < 1.29 is 0 Å². The van der Waals surface area contributed by atoms with Crippen molar-refractivity contribution in [2.75, 3.05) is 0 Å². The second-order valence-electron chi connectivity index (χ2n) is 7.43. The first-order valence-electron chi connectivity index (χ1n) is 8.95. The van der Waals surface area contributed by atoms with Crippen molar-refractivity contribution in [3.05, 3.63) is 83.2 Å². The molecule has 0 aromatic heterocycles. The monoisotopic (exact) mass is 321 g/mol. The number of aryl methyl sites for hydroxylation is 1. The molecule has 0 amide bonds. The predicted octanol–water partition coefficient (Wildman–Crippen LogP) is 5.88. The van der Waals surface area contributed by atoms with Gasteiger partial charge in [-0.15, -0.1) is 0 Å². The molecular formula is C23H31N. The van der Waals surface area contributed by atoms with E-state index in [2.05, 4.69) is 56.1 Å². The quantitative estimate of drug-likeness (QED) is 0.618. The summed E-state index contributed by atoms with van der Waals surface area (Å²) in [7, 11) is 0. The van der Waals surface area contributed by atoms with E-state index in [4.69, 9.17) is 0 Å². The molecular weight excluding hydrogens is 290 g/mol. The molecule has 1 aromatic rings. The number of allylic oxidation sites excluding steroid dienone is 6. The minimum Gasteiger partial charge on any atom is -0.360 e. The third kappa shape index (κ3) is 4.99. The van der Waals surface area contributed by atoms with Gasteiger partial charge in [0, 0.05) is 11.4 Å². The van der Waals surface area contributed by atoms with Crippen molar-refractivity contribution >= 4 is 0 Å². The van der Waals surface area contributed by atoms with Gasteiger partial charge in [-0.1, -0.05) is 62.9 Å². The van der Waals surface area contributed by atoms with Crippen molar-refractivity contribution in [1.82, 2.24) is 5.32 Å². The van der Waals surface area contributed by atoms with Gasteiger partial charge in [0.2, 0.25) is 0 Å². The average Bonchev–Trinajstić information content (AvgIpc) is 2.86. The first-order valence-corrected chi connectivity index (χ1v) is 8.95. The summed E-state index contributed by atoms with van der Waals surface area (Å²) in [6.45, 7) is 13.0.